The molecule has 72 valence electrons. The number of imidazole rings is 1. The Morgan fingerprint density at radius 1 is 1.29 bits per heavy atom. The monoisotopic (exact) mass is 187 g/mol. The van der Waals surface area contributed by atoms with Crippen LogP contribution in [0.25, 0.3) is 0 Å². The van der Waals surface area contributed by atoms with Crippen LogP contribution in [0.3, 0.4) is 0 Å². The van der Waals surface area contributed by atoms with Gasteiger partial charge in [-0.05, 0) is 12.5 Å². The molecule has 1 aromatic heterocycles. The number of hydrogen-bond acceptors (Lipinski definition) is 2. The molecule has 3 heteroatoms. The number of anilines is 1. The lowest BCUT2D eigenvalue weighted by atomic mass is 10.1. The Bertz CT molecular complexity index is 405. The summed E-state index contributed by atoms with van der Waals surface area (Å²) in [5.74, 6) is 0.696. The van der Waals surface area contributed by atoms with Gasteiger partial charge in [0.2, 0.25) is 0 Å². The standard InChI is InChI=1S/C11H13N3/c1-9(10-5-3-2-4-6-10)14-8-13-7-11(14)12/h2-9H,12H2,1H3. The molecule has 2 rings (SSSR count). The van der Waals surface area contributed by atoms with Crippen LogP contribution in [-0.4, -0.2) is 9.55 Å². The summed E-state index contributed by atoms with van der Waals surface area (Å²) in [6.07, 6.45) is 3.42. The fourth-order valence-corrected chi connectivity index (χ4v) is 1.53. The molecule has 0 aliphatic rings. The lowest BCUT2D eigenvalue weighted by Crippen LogP contribution is -2.08. The van der Waals surface area contributed by atoms with Gasteiger partial charge in [0.1, 0.15) is 5.82 Å². The van der Waals surface area contributed by atoms with E-state index in [0.29, 0.717) is 5.82 Å². The van der Waals surface area contributed by atoms with Crippen molar-refractivity contribution in [3.8, 4) is 0 Å². The third kappa shape index (κ3) is 1.48. The molecule has 0 radical (unpaired) electrons. The number of hydrogen-bond donors (Lipinski definition) is 1. The minimum Gasteiger partial charge on any atom is -0.384 e. The van der Waals surface area contributed by atoms with Crippen molar-refractivity contribution in [1.82, 2.24) is 9.55 Å². The average molecular weight is 187 g/mol. The van der Waals surface area contributed by atoms with Gasteiger partial charge in [0, 0.05) is 0 Å². The smallest absolute Gasteiger partial charge is 0.123 e. The van der Waals surface area contributed by atoms with Crippen LogP contribution in [0.15, 0.2) is 42.9 Å². The largest absolute Gasteiger partial charge is 0.384 e. The minimum absolute atomic E-state index is 0.235. The van der Waals surface area contributed by atoms with Gasteiger partial charge in [0.25, 0.3) is 0 Å². The van der Waals surface area contributed by atoms with E-state index in [1.54, 1.807) is 12.5 Å². The second-order valence-corrected chi connectivity index (χ2v) is 3.31. The number of aromatic nitrogens is 2. The maximum Gasteiger partial charge on any atom is 0.123 e. The van der Waals surface area contributed by atoms with E-state index in [1.165, 1.54) is 5.56 Å². The number of benzene rings is 1. The van der Waals surface area contributed by atoms with E-state index in [9.17, 15) is 0 Å². The van der Waals surface area contributed by atoms with E-state index in [0.717, 1.165) is 0 Å². The van der Waals surface area contributed by atoms with E-state index < -0.39 is 0 Å². The number of nitrogens with zero attached hydrogens (tertiary/aromatic N) is 2. The quantitative estimate of drug-likeness (QED) is 0.782. The first kappa shape index (κ1) is 8.81. The Kier molecular flexibility index (Phi) is 2.23. The molecule has 14 heavy (non-hydrogen) atoms. The first-order valence-electron chi connectivity index (χ1n) is 4.61. The number of rotatable bonds is 2. The summed E-state index contributed by atoms with van der Waals surface area (Å²) in [6.45, 7) is 2.10. The molecule has 1 heterocycles. The van der Waals surface area contributed by atoms with Crippen molar-refractivity contribution < 1.29 is 0 Å². The van der Waals surface area contributed by atoms with Crippen molar-refractivity contribution >= 4 is 5.82 Å². The lowest BCUT2D eigenvalue weighted by molar-refractivity contribution is 0.647. The van der Waals surface area contributed by atoms with Crippen LogP contribution in [0.1, 0.15) is 18.5 Å². The van der Waals surface area contributed by atoms with Gasteiger partial charge in [0.15, 0.2) is 0 Å². The van der Waals surface area contributed by atoms with Crippen molar-refractivity contribution in [3.63, 3.8) is 0 Å². The van der Waals surface area contributed by atoms with Crippen molar-refractivity contribution in [2.45, 2.75) is 13.0 Å². The summed E-state index contributed by atoms with van der Waals surface area (Å²) >= 11 is 0. The predicted octanol–water partition coefficient (Wildman–Crippen LogP) is 2.07. The molecule has 0 fully saturated rings. The molecular formula is C11H13N3. The van der Waals surface area contributed by atoms with Crippen LogP contribution in [0.4, 0.5) is 5.82 Å². The van der Waals surface area contributed by atoms with Crippen LogP contribution >= 0.6 is 0 Å². The highest BCUT2D eigenvalue weighted by Gasteiger charge is 2.08. The molecule has 1 atom stereocenters. The van der Waals surface area contributed by atoms with Gasteiger partial charge in [-0.1, -0.05) is 30.3 Å². The highest BCUT2D eigenvalue weighted by Crippen LogP contribution is 2.19. The first-order chi connectivity index (χ1) is 6.79. The molecule has 0 bridgehead atoms. The SMILES string of the molecule is CC(c1ccccc1)n1cncc1N. The Morgan fingerprint density at radius 3 is 2.57 bits per heavy atom. The highest BCUT2D eigenvalue weighted by molar-refractivity contribution is 5.29. The van der Waals surface area contributed by atoms with E-state index >= 15 is 0 Å². The van der Waals surface area contributed by atoms with Crippen molar-refractivity contribution in [1.29, 1.82) is 0 Å². The normalized spacial score (nSPS) is 12.6. The third-order valence-electron chi connectivity index (χ3n) is 2.40. The molecule has 0 saturated heterocycles. The van der Waals surface area contributed by atoms with Gasteiger partial charge in [0.05, 0.1) is 18.6 Å². The van der Waals surface area contributed by atoms with Gasteiger partial charge in [-0.2, -0.15) is 0 Å². The molecular weight excluding hydrogens is 174 g/mol. The molecule has 1 unspecified atom stereocenters. The predicted molar refractivity (Wildman–Crippen MR) is 56.9 cm³/mol. The topological polar surface area (TPSA) is 43.8 Å². The summed E-state index contributed by atoms with van der Waals surface area (Å²) in [5.41, 5.74) is 7.01. The molecule has 0 aliphatic heterocycles. The lowest BCUT2D eigenvalue weighted by Gasteiger charge is -2.14. The van der Waals surface area contributed by atoms with E-state index in [4.69, 9.17) is 5.73 Å². The summed E-state index contributed by atoms with van der Waals surface area (Å²) in [7, 11) is 0. The molecule has 0 spiro atoms. The van der Waals surface area contributed by atoms with Crippen LogP contribution in [0.2, 0.25) is 0 Å². The van der Waals surface area contributed by atoms with Gasteiger partial charge in [-0.25, -0.2) is 4.98 Å². The minimum atomic E-state index is 0.235. The molecule has 2 N–H and O–H groups in total. The average Bonchev–Trinajstić information content (AvgIpc) is 2.65. The Hall–Kier alpha value is -1.77. The number of nitrogen functional groups attached to an aromatic ring is 1. The van der Waals surface area contributed by atoms with Crippen LogP contribution in [0, 0.1) is 0 Å². The molecule has 3 nitrogen and oxygen atoms in total. The zero-order valence-electron chi connectivity index (χ0n) is 8.09. The summed E-state index contributed by atoms with van der Waals surface area (Å²) < 4.78 is 1.95. The highest BCUT2D eigenvalue weighted by atomic mass is 15.1. The summed E-state index contributed by atoms with van der Waals surface area (Å²) in [5, 5.41) is 0. The van der Waals surface area contributed by atoms with E-state index in [1.807, 2.05) is 22.8 Å². The maximum atomic E-state index is 5.78. The van der Waals surface area contributed by atoms with Gasteiger partial charge in [-0.15, -0.1) is 0 Å². The maximum absolute atomic E-state index is 5.78. The van der Waals surface area contributed by atoms with E-state index in [-0.39, 0.29) is 6.04 Å². The Labute approximate surface area is 83.2 Å². The molecule has 0 amide bonds. The van der Waals surface area contributed by atoms with Crippen molar-refractivity contribution in [2.75, 3.05) is 5.73 Å². The summed E-state index contributed by atoms with van der Waals surface area (Å²) in [6, 6.07) is 10.5. The fourth-order valence-electron chi connectivity index (χ4n) is 1.53. The van der Waals surface area contributed by atoms with Crippen LogP contribution in [-0.2, 0) is 0 Å². The zero-order chi connectivity index (χ0) is 9.97. The van der Waals surface area contributed by atoms with Gasteiger partial charge < -0.3 is 10.3 Å². The Morgan fingerprint density at radius 2 is 2.00 bits per heavy atom. The fraction of sp³-hybridized carbons (Fsp3) is 0.182. The third-order valence-corrected chi connectivity index (χ3v) is 2.40. The van der Waals surface area contributed by atoms with Gasteiger partial charge >= 0.3 is 0 Å². The van der Waals surface area contributed by atoms with Crippen LogP contribution in [0.5, 0.6) is 0 Å². The van der Waals surface area contributed by atoms with Crippen molar-refractivity contribution in [3.05, 3.63) is 48.4 Å². The molecule has 1 aromatic carbocycles. The summed E-state index contributed by atoms with van der Waals surface area (Å²) in [4.78, 5) is 4.01. The second-order valence-electron chi connectivity index (χ2n) is 3.31. The first-order valence-corrected chi connectivity index (χ1v) is 4.61. The molecule has 2 aromatic rings. The zero-order valence-corrected chi connectivity index (χ0v) is 8.09. The van der Waals surface area contributed by atoms with Gasteiger partial charge in [-0.3, -0.25) is 0 Å². The second kappa shape index (κ2) is 3.54. The van der Waals surface area contributed by atoms with Crippen molar-refractivity contribution in [2.24, 2.45) is 0 Å². The molecule has 0 saturated carbocycles. The Balaban J connectivity index is 2.34. The number of nitrogens with two attached hydrogens (primary N) is 1. The van der Waals surface area contributed by atoms with Crippen LogP contribution < -0.4 is 5.73 Å². The molecule has 0 aliphatic carbocycles. The van der Waals surface area contributed by atoms with E-state index in [2.05, 4.69) is 24.0 Å².